The summed E-state index contributed by atoms with van der Waals surface area (Å²) in [6, 6.07) is 7.81. The van der Waals surface area contributed by atoms with Gasteiger partial charge < -0.3 is 15.2 Å². The molecule has 1 fully saturated rings. The van der Waals surface area contributed by atoms with E-state index in [1.54, 1.807) is 6.20 Å². The number of nitrogens with one attached hydrogen (secondary N) is 3. The van der Waals surface area contributed by atoms with Crippen molar-refractivity contribution in [1.82, 2.24) is 25.1 Å². The van der Waals surface area contributed by atoms with E-state index in [9.17, 15) is 4.79 Å². The number of carbonyl (C=O) groups is 1. The third-order valence-electron chi connectivity index (χ3n) is 4.60. The summed E-state index contributed by atoms with van der Waals surface area (Å²) in [4.78, 5) is 22.6. The van der Waals surface area contributed by atoms with Crippen molar-refractivity contribution < 1.29 is 4.79 Å². The van der Waals surface area contributed by atoms with Crippen molar-refractivity contribution in [2.75, 3.05) is 25.5 Å². The molecule has 1 amide bonds. The summed E-state index contributed by atoms with van der Waals surface area (Å²) < 4.78 is 0. The van der Waals surface area contributed by atoms with E-state index in [0.29, 0.717) is 17.2 Å². The lowest BCUT2D eigenvalue weighted by Gasteiger charge is -2.27. The van der Waals surface area contributed by atoms with Crippen LogP contribution in [-0.4, -0.2) is 51.1 Å². The fourth-order valence-electron chi connectivity index (χ4n) is 3.14. The number of piperidine rings is 1. The van der Waals surface area contributed by atoms with Gasteiger partial charge in [0.25, 0.3) is 0 Å². The van der Waals surface area contributed by atoms with Gasteiger partial charge in [-0.2, -0.15) is 5.10 Å². The highest BCUT2D eigenvalue weighted by Gasteiger charge is 2.25. The Hall–Kier alpha value is -2.67. The van der Waals surface area contributed by atoms with Gasteiger partial charge in [-0.3, -0.25) is 9.89 Å². The molecule has 1 saturated heterocycles. The number of anilines is 1. The molecule has 0 aliphatic carbocycles. The van der Waals surface area contributed by atoms with E-state index in [4.69, 9.17) is 0 Å². The minimum Gasteiger partial charge on any atom is -0.337 e. The van der Waals surface area contributed by atoms with Crippen LogP contribution in [-0.2, 0) is 4.79 Å². The normalized spacial score (nSPS) is 16.5. The maximum atomic E-state index is 12.5. The Balaban J connectivity index is 1.55. The second kappa shape index (κ2) is 6.09. The Morgan fingerprint density at radius 1 is 1.29 bits per heavy atom. The number of aromatic nitrogens is 4. The molecule has 3 heterocycles. The highest BCUT2D eigenvalue weighted by atomic mass is 16.1. The number of likely N-dealkylation sites (tertiary alicyclic amines) is 1. The first-order valence-corrected chi connectivity index (χ1v) is 8.19. The Bertz CT molecular complexity index is 826. The molecule has 1 aliphatic heterocycles. The lowest BCUT2D eigenvalue weighted by atomic mass is 9.96. The zero-order valence-corrected chi connectivity index (χ0v) is 13.5. The lowest BCUT2D eigenvalue weighted by molar-refractivity contribution is -0.121. The van der Waals surface area contributed by atoms with Crippen LogP contribution in [0.25, 0.3) is 22.6 Å². The van der Waals surface area contributed by atoms with Crippen molar-refractivity contribution in [1.29, 1.82) is 0 Å². The van der Waals surface area contributed by atoms with Crippen LogP contribution in [0.1, 0.15) is 12.8 Å². The molecule has 3 aromatic rings. The number of carbonyl (C=O) groups excluding carboxylic acids is 1. The molecule has 0 radical (unpaired) electrons. The highest BCUT2D eigenvalue weighted by molar-refractivity contribution is 5.96. The number of benzene rings is 1. The molecule has 0 bridgehead atoms. The van der Waals surface area contributed by atoms with Gasteiger partial charge >= 0.3 is 0 Å². The Kier molecular flexibility index (Phi) is 3.78. The molecule has 0 spiro atoms. The first-order valence-electron chi connectivity index (χ1n) is 8.19. The number of hydrogen-bond acceptors (Lipinski definition) is 4. The standard InChI is InChI=1S/C17H20N6O/c1-23-8-6-11(7-9-23)17(24)21-14-10-18-22-15(14)16-19-12-4-2-3-5-13(12)20-16/h2-5,10-11H,6-9H2,1H3,(H,18,22)(H,19,20)(H,21,24). The molecule has 124 valence electrons. The summed E-state index contributed by atoms with van der Waals surface area (Å²) in [7, 11) is 2.09. The van der Waals surface area contributed by atoms with Crippen molar-refractivity contribution in [2.24, 2.45) is 5.92 Å². The molecular formula is C17H20N6O. The summed E-state index contributed by atoms with van der Waals surface area (Å²) in [5.74, 6) is 0.762. The van der Waals surface area contributed by atoms with E-state index in [1.165, 1.54) is 0 Å². The quantitative estimate of drug-likeness (QED) is 0.689. The predicted molar refractivity (Wildman–Crippen MR) is 92.5 cm³/mol. The predicted octanol–water partition coefficient (Wildman–Crippen LogP) is 2.23. The number of para-hydroxylation sites is 2. The average Bonchev–Trinajstić information content (AvgIpc) is 3.21. The van der Waals surface area contributed by atoms with Crippen LogP contribution >= 0.6 is 0 Å². The second-order valence-corrected chi connectivity index (χ2v) is 6.32. The fraction of sp³-hybridized carbons (Fsp3) is 0.353. The molecule has 7 heteroatoms. The first-order chi connectivity index (χ1) is 11.7. The molecule has 24 heavy (non-hydrogen) atoms. The molecule has 0 atom stereocenters. The smallest absolute Gasteiger partial charge is 0.227 e. The molecule has 0 saturated carbocycles. The number of fused-ring (bicyclic) bond motifs is 1. The minimum atomic E-state index is 0.0552. The van der Waals surface area contributed by atoms with Crippen LogP contribution in [0.4, 0.5) is 5.69 Å². The zero-order valence-electron chi connectivity index (χ0n) is 13.5. The number of imidazole rings is 1. The van der Waals surface area contributed by atoms with Gasteiger partial charge in [0.2, 0.25) is 5.91 Å². The maximum Gasteiger partial charge on any atom is 0.227 e. The van der Waals surface area contributed by atoms with Crippen LogP contribution in [0, 0.1) is 5.92 Å². The number of amides is 1. The van der Waals surface area contributed by atoms with Gasteiger partial charge in [-0.15, -0.1) is 0 Å². The molecule has 3 N–H and O–H groups in total. The summed E-state index contributed by atoms with van der Waals surface area (Å²) >= 11 is 0. The minimum absolute atomic E-state index is 0.0552. The van der Waals surface area contributed by atoms with Crippen molar-refractivity contribution in [3.63, 3.8) is 0 Å². The number of nitrogens with zero attached hydrogens (tertiary/aromatic N) is 3. The van der Waals surface area contributed by atoms with E-state index in [2.05, 4.69) is 37.4 Å². The summed E-state index contributed by atoms with van der Waals surface area (Å²) in [6.07, 6.45) is 3.48. The van der Waals surface area contributed by atoms with Gasteiger partial charge in [0.05, 0.1) is 16.7 Å². The molecule has 0 unspecified atom stereocenters. The molecule has 1 aromatic carbocycles. The summed E-state index contributed by atoms with van der Waals surface area (Å²) in [5.41, 5.74) is 3.12. The second-order valence-electron chi connectivity index (χ2n) is 6.32. The van der Waals surface area contributed by atoms with Crippen molar-refractivity contribution >= 4 is 22.6 Å². The SMILES string of the molecule is CN1CCC(C(=O)Nc2c[nH]nc2-c2nc3ccccc3[nH]2)CC1. The number of hydrogen-bond donors (Lipinski definition) is 3. The average molecular weight is 324 g/mol. The molecular weight excluding hydrogens is 304 g/mol. The van der Waals surface area contributed by atoms with Crippen molar-refractivity contribution in [3.05, 3.63) is 30.5 Å². The van der Waals surface area contributed by atoms with Crippen LogP contribution in [0.2, 0.25) is 0 Å². The van der Waals surface area contributed by atoms with Gasteiger partial charge in [0, 0.05) is 12.1 Å². The van der Waals surface area contributed by atoms with E-state index < -0.39 is 0 Å². The first kappa shape index (κ1) is 14.9. The Morgan fingerprint density at radius 3 is 2.88 bits per heavy atom. The van der Waals surface area contributed by atoms with Gasteiger partial charge in [-0.25, -0.2) is 4.98 Å². The monoisotopic (exact) mass is 324 g/mol. The van der Waals surface area contributed by atoms with Crippen LogP contribution in [0.15, 0.2) is 30.5 Å². The number of rotatable bonds is 3. The van der Waals surface area contributed by atoms with E-state index in [0.717, 1.165) is 37.0 Å². The topological polar surface area (TPSA) is 89.7 Å². The number of aromatic amines is 2. The molecule has 4 rings (SSSR count). The summed E-state index contributed by atoms with van der Waals surface area (Å²) in [6.45, 7) is 1.92. The fourth-order valence-corrected chi connectivity index (χ4v) is 3.14. The van der Waals surface area contributed by atoms with Crippen molar-refractivity contribution in [2.45, 2.75) is 12.8 Å². The highest BCUT2D eigenvalue weighted by Crippen LogP contribution is 2.26. The van der Waals surface area contributed by atoms with Gasteiger partial charge in [0.1, 0.15) is 0 Å². The number of H-pyrrole nitrogens is 2. The lowest BCUT2D eigenvalue weighted by Crippen LogP contribution is -2.35. The molecule has 1 aliphatic rings. The zero-order chi connectivity index (χ0) is 16.5. The summed E-state index contributed by atoms with van der Waals surface area (Å²) in [5, 5.41) is 10.1. The molecule has 2 aromatic heterocycles. The largest absolute Gasteiger partial charge is 0.337 e. The third-order valence-corrected chi connectivity index (χ3v) is 4.60. The van der Waals surface area contributed by atoms with Gasteiger partial charge in [0.15, 0.2) is 11.5 Å². The van der Waals surface area contributed by atoms with Gasteiger partial charge in [-0.05, 0) is 45.1 Å². The Morgan fingerprint density at radius 2 is 2.08 bits per heavy atom. The maximum absolute atomic E-state index is 12.5. The third kappa shape index (κ3) is 2.78. The van der Waals surface area contributed by atoms with Crippen molar-refractivity contribution in [3.8, 4) is 11.5 Å². The van der Waals surface area contributed by atoms with Crippen LogP contribution in [0.5, 0.6) is 0 Å². The van der Waals surface area contributed by atoms with Gasteiger partial charge in [-0.1, -0.05) is 12.1 Å². The van der Waals surface area contributed by atoms with Crippen LogP contribution in [0.3, 0.4) is 0 Å². The molecule has 7 nitrogen and oxygen atoms in total. The van der Waals surface area contributed by atoms with E-state index in [-0.39, 0.29) is 11.8 Å². The van der Waals surface area contributed by atoms with E-state index in [1.807, 2.05) is 24.3 Å². The Labute approximate surface area is 139 Å². The van der Waals surface area contributed by atoms with E-state index >= 15 is 0 Å². The van der Waals surface area contributed by atoms with Crippen LogP contribution < -0.4 is 5.32 Å².